The van der Waals surface area contributed by atoms with Crippen LogP contribution in [0.25, 0.3) is 11.3 Å². The highest BCUT2D eigenvalue weighted by Gasteiger charge is 2.72. The molecule has 7 heteroatoms. The molecule has 0 aromatic heterocycles. The van der Waals surface area contributed by atoms with Crippen LogP contribution >= 0.6 is 0 Å². The second kappa shape index (κ2) is 10.1. The normalized spacial score (nSPS) is 28.5. The zero-order chi connectivity index (χ0) is 31.8. The first-order valence-corrected chi connectivity index (χ1v) is 14.8. The van der Waals surface area contributed by atoms with Crippen LogP contribution in [0.3, 0.4) is 0 Å². The van der Waals surface area contributed by atoms with Crippen molar-refractivity contribution < 1.29 is 34.8 Å². The first-order valence-electron chi connectivity index (χ1n) is 14.8. The van der Waals surface area contributed by atoms with E-state index in [0.717, 1.165) is 29.2 Å². The Morgan fingerprint density at radius 1 is 1.09 bits per heavy atom. The van der Waals surface area contributed by atoms with E-state index in [4.69, 9.17) is 0 Å². The van der Waals surface area contributed by atoms with Crippen LogP contribution < -0.4 is 0 Å². The van der Waals surface area contributed by atoms with Gasteiger partial charge in [-0.3, -0.25) is 14.4 Å². The van der Waals surface area contributed by atoms with Crippen molar-refractivity contribution in [3.8, 4) is 5.75 Å². The van der Waals surface area contributed by atoms with Gasteiger partial charge >= 0.3 is 0 Å². The van der Waals surface area contributed by atoms with Crippen molar-refractivity contribution in [1.82, 2.24) is 0 Å². The maximum atomic E-state index is 14.4. The molecule has 1 fully saturated rings. The molecule has 2 aromatic rings. The van der Waals surface area contributed by atoms with E-state index in [0.29, 0.717) is 18.4 Å². The predicted octanol–water partition coefficient (Wildman–Crippen LogP) is 6.14. The van der Waals surface area contributed by atoms with Crippen molar-refractivity contribution in [1.29, 1.82) is 0 Å². The second-order valence-electron chi connectivity index (χ2n) is 13.5. The maximum absolute atomic E-state index is 14.4. The lowest BCUT2D eigenvalue weighted by Gasteiger charge is -2.59. The Hall–Kier alpha value is -3.97. The summed E-state index contributed by atoms with van der Waals surface area (Å²) in [6.45, 7) is 14.4. The summed E-state index contributed by atoms with van der Waals surface area (Å²) < 4.78 is 0. The smallest absolute Gasteiger partial charge is 0.203 e. The lowest BCUT2D eigenvalue weighted by molar-refractivity contribution is -0.178. The molecular weight excluding hydrogens is 544 g/mol. The van der Waals surface area contributed by atoms with Crippen molar-refractivity contribution in [3.05, 3.63) is 87.7 Å². The van der Waals surface area contributed by atoms with E-state index in [1.54, 1.807) is 20.8 Å². The van der Waals surface area contributed by atoms with E-state index < -0.39 is 56.8 Å². The van der Waals surface area contributed by atoms with Crippen LogP contribution in [0.1, 0.15) is 75.3 Å². The molecule has 7 nitrogen and oxygen atoms in total. The Bertz CT molecular complexity index is 1670. The Labute approximate surface area is 252 Å². The number of aryl methyl sites for hydroxylation is 2. The minimum Gasteiger partial charge on any atom is -0.508 e. The number of fused-ring (bicyclic) bond motifs is 3. The first-order chi connectivity index (χ1) is 20.0. The van der Waals surface area contributed by atoms with Crippen molar-refractivity contribution >= 4 is 28.7 Å². The highest BCUT2D eigenvalue weighted by Crippen LogP contribution is 2.65. The molecule has 43 heavy (non-hydrogen) atoms. The van der Waals surface area contributed by atoms with Gasteiger partial charge in [0.15, 0.2) is 17.2 Å². The molecule has 1 saturated carbocycles. The van der Waals surface area contributed by atoms with E-state index >= 15 is 0 Å². The fourth-order valence-corrected chi connectivity index (χ4v) is 8.31. The van der Waals surface area contributed by atoms with Crippen LogP contribution in [0.15, 0.2) is 59.9 Å². The number of ketones is 3. The molecule has 2 aromatic carbocycles. The molecule has 0 spiro atoms. The fraction of sp³-hybridized carbons (Fsp3) is 0.417. The van der Waals surface area contributed by atoms with Gasteiger partial charge in [-0.25, -0.2) is 0 Å². The van der Waals surface area contributed by atoms with Gasteiger partial charge in [0.1, 0.15) is 22.8 Å². The minimum absolute atomic E-state index is 0.0655. The highest BCUT2D eigenvalue weighted by atomic mass is 16.3. The summed E-state index contributed by atoms with van der Waals surface area (Å²) in [5.74, 6) is -5.25. The predicted molar refractivity (Wildman–Crippen MR) is 164 cm³/mol. The second-order valence-corrected chi connectivity index (χ2v) is 13.5. The number of aliphatic hydroxyl groups excluding tert-OH is 2. The third-order valence-electron chi connectivity index (χ3n) is 10.1. The number of aliphatic hydroxyl groups is 3. The number of hydrogen-bond donors (Lipinski definition) is 4. The Morgan fingerprint density at radius 3 is 2.37 bits per heavy atom. The number of benzene rings is 2. The summed E-state index contributed by atoms with van der Waals surface area (Å²) in [5.41, 5.74) is -1.04. The van der Waals surface area contributed by atoms with Gasteiger partial charge in [0.05, 0.1) is 5.56 Å². The van der Waals surface area contributed by atoms with Crippen LogP contribution in [0.5, 0.6) is 5.75 Å². The van der Waals surface area contributed by atoms with Gasteiger partial charge in [-0.05, 0) is 73.8 Å². The molecule has 3 aliphatic rings. The van der Waals surface area contributed by atoms with Crippen LogP contribution in [0, 0.1) is 29.6 Å². The van der Waals surface area contributed by atoms with E-state index in [1.165, 1.54) is 6.07 Å². The lowest BCUT2D eigenvalue weighted by Crippen LogP contribution is -2.69. The van der Waals surface area contributed by atoms with Gasteiger partial charge in [-0.2, -0.15) is 0 Å². The molecule has 0 aliphatic heterocycles. The monoisotopic (exact) mass is 584 g/mol. The van der Waals surface area contributed by atoms with Crippen molar-refractivity contribution in [2.75, 3.05) is 0 Å². The summed E-state index contributed by atoms with van der Waals surface area (Å²) in [4.78, 5) is 40.6. The third-order valence-corrected chi connectivity index (χ3v) is 10.1. The van der Waals surface area contributed by atoms with Gasteiger partial charge in [0.25, 0.3) is 0 Å². The van der Waals surface area contributed by atoms with E-state index in [9.17, 15) is 34.8 Å². The molecule has 3 aliphatic carbocycles. The number of allylic oxidation sites excluding steroid dienone is 2. The zero-order valence-corrected chi connectivity index (χ0v) is 25.7. The van der Waals surface area contributed by atoms with Gasteiger partial charge in [-0.1, -0.05) is 70.2 Å². The van der Waals surface area contributed by atoms with Gasteiger partial charge in [-0.15, -0.1) is 0 Å². The molecule has 0 saturated heterocycles. The van der Waals surface area contributed by atoms with Crippen molar-refractivity contribution in [2.45, 2.75) is 72.8 Å². The standard InChI is InChI=1S/C36H40O7/c1-18(2)28-30(39)26(21(5)37)32(41)36(43)33(42)29-31(40)27-24(16-34(29,6)17-35(28,36)7)22(13-14-25(27)38)12-11-20(4)23-10-8-9-19(3)15-23/h8-10,13-15,18,28,38,40-41,43H,4,11-12,16-17H2,1-3,5-7H3/t28?,34-,35-,36+/m1/s1. The maximum Gasteiger partial charge on any atom is 0.203 e. The largest absolute Gasteiger partial charge is 0.508 e. The number of phenols is 1. The summed E-state index contributed by atoms with van der Waals surface area (Å²) >= 11 is 0. The first kappa shape index (κ1) is 30.5. The van der Waals surface area contributed by atoms with E-state index in [2.05, 4.69) is 12.6 Å². The number of carbonyl (C=O) groups is 3. The third kappa shape index (κ3) is 4.23. The molecule has 5 rings (SSSR count). The summed E-state index contributed by atoms with van der Waals surface area (Å²) in [5, 5.41) is 46.1. The molecule has 4 atom stereocenters. The SMILES string of the molecule is C=C(CCc1ccc(O)c2c1C[C@]1(C)C[C@]3(C)C(C(C)C)C(=O)C(C(C)=O)=C(O)[C@]3(O)C(=O)C1=C2O)c1cccc(C)c1. The Morgan fingerprint density at radius 2 is 1.77 bits per heavy atom. The lowest BCUT2D eigenvalue weighted by atomic mass is 9.43. The quantitative estimate of drug-likeness (QED) is 0.300. The highest BCUT2D eigenvalue weighted by molar-refractivity contribution is 6.24. The van der Waals surface area contributed by atoms with Gasteiger partial charge < -0.3 is 20.4 Å². The molecule has 0 amide bonds. The number of aromatic hydroxyl groups is 1. The van der Waals surface area contributed by atoms with Crippen LogP contribution in [0.4, 0.5) is 0 Å². The minimum atomic E-state index is -2.62. The summed E-state index contributed by atoms with van der Waals surface area (Å²) in [6.07, 6.45) is 1.52. The number of carbonyl (C=O) groups excluding carboxylic acids is 3. The number of hydrogen-bond acceptors (Lipinski definition) is 7. The number of rotatable bonds is 6. The molecule has 0 radical (unpaired) electrons. The molecule has 1 unspecified atom stereocenters. The molecule has 4 N–H and O–H groups in total. The van der Waals surface area contributed by atoms with Crippen molar-refractivity contribution in [2.24, 2.45) is 22.7 Å². The van der Waals surface area contributed by atoms with E-state index in [1.807, 2.05) is 38.1 Å². The summed E-state index contributed by atoms with van der Waals surface area (Å²) in [6, 6.07) is 11.4. The van der Waals surface area contributed by atoms with E-state index in [-0.39, 0.29) is 35.6 Å². The average Bonchev–Trinajstić information content (AvgIpc) is 2.89. The average molecular weight is 585 g/mol. The molecule has 226 valence electrons. The number of Topliss-reactive ketones (excluding diaryl/α,β-unsaturated/α-hetero) is 3. The number of phenolic OH excluding ortho intramolecular Hbond substituents is 1. The Kier molecular flexibility index (Phi) is 7.13. The topological polar surface area (TPSA) is 132 Å². The zero-order valence-electron chi connectivity index (χ0n) is 25.7. The van der Waals surface area contributed by atoms with Crippen LogP contribution in [-0.2, 0) is 27.2 Å². The van der Waals surface area contributed by atoms with Crippen LogP contribution in [-0.4, -0.2) is 43.4 Å². The van der Waals surface area contributed by atoms with Crippen LogP contribution in [0.2, 0.25) is 0 Å². The van der Waals surface area contributed by atoms with Crippen molar-refractivity contribution in [3.63, 3.8) is 0 Å². The van der Waals surface area contributed by atoms with Gasteiger partial charge in [0, 0.05) is 22.3 Å². The fourth-order valence-electron chi connectivity index (χ4n) is 8.31. The Balaban J connectivity index is 1.66. The molecule has 0 heterocycles. The summed E-state index contributed by atoms with van der Waals surface area (Å²) in [7, 11) is 0. The van der Waals surface area contributed by atoms with Gasteiger partial charge in [0.2, 0.25) is 5.78 Å². The molecule has 0 bridgehead atoms. The molecular formula is C36H40O7.